The summed E-state index contributed by atoms with van der Waals surface area (Å²) in [5, 5.41) is 0. The van der Waals surface area contributed by atoms with E-state index in [1.54, 1.807) is 21.3 Å². The van der Waals surface area contributed by atoms with Gasteiger partial charge in [-0.25, -0.2) is 0 Å². The van der Waals surface area contributed by atoms with Crippen molar-refractivity contribution in [2.24, 2.45) is 0 Å². The Morgan fingerprint density at radius 1 is 0.545 bits per heavy atom. The molecule has 0 amide bonds. The average molecular weight is 437 g/mol. The van der Waals surface area contributed by atoms with Crippen LogP contribution in [-0.4, -0.2) is 27.1 Å². The molecule has 33 heavy (non-hydrogen) atoms. The molecule has 164 valence electrons. The molecule has 4 nitrogen and oxygen atoms in total. The highest BCUT2D eigenvalue weighted by atomic mass is 16.5. The van der Waals surface area contributed by atoms with Gasteiger partial charge in [-0.15, -0.1) is 0 Å². The Kier molecular flexibility index (Phi) is 5.14. The predicted octanol–water partition coefficient (Wildman–Crippen LogP) is 5.64. The summed E-state index contributed by atoms with van der Waals surface area (Å²) in [6, 6.07) is 29.7. The van der Waals surface area contributed by atoms with Crippen molar-refractivity contribution in [2.45, 2.75) is 5.41 Å². The van der Waals surface area contributed by atoms with Crippen molar-refractivity contribution in [3.05, 3.63) is 124 Å². The van der Waals surface area contributed by atoms with Crippen LogP contribution in [0.4, 0.5) is 0 Å². The number of fused-ring (bicyclic) bond motifs is 2. The minimum Gasteiger partial charge on any atom is -0.497 e. The summed E-state index contributed by atoms with van der Waals surface area (Å²) >= 11 is 0. The summed E-state index contributed by atoms with van der Waals surface area (Å²) in [4.78, 5) is 13.6. The molecule has 0 aliphatic heterocycles. The Hall–Kier alpha value is -4.05. The maximum absolute atomic E-state index is 13.6. The smallest absolute Gasteiger partial charge is 0.193 e. The molecule has 0 saturated carbocycles. The number of carbonyl (C=O) groups is 1. The van der Waals surface area contributed by atoms with E-state index in [4.69, 9.17) is 14.2 Å². The third-order valence-corrected chi connectivity index (χ3v) is 6.50. The topological polar surface area (TPSA) is 44.8 Å². The van der Waals surface area contributed by atoms with E-state index in [2.05, 4.69) is 24.3 Å². The lowest BCUT2D eigenvalue weighted by molar-refractivity contribution is 0.103. The van der Waals surface area contributed by atoms with E-state index in [1.807, 2.05) is 66.7 Å². The van der Waals surface area contributed by atoms with Crippen LogP contribution in [0.25, 0.3) is 0 Å². The first-order chi connectivity index (χ1) is 16.1. The quantitative estimate of drug-likeness (QED) is 0.358. The fourth-order valence-electron chi connectivity index (χ4n) is 4.93. The van der Waals surface area contributed by atoms with Gasteiger partial charge in [0.05, 0.1) is 26.7 Å². The van der Waals surface area contributed by atoms with Crippen LogP contribution in [0.15, 0.2) is 91.0 Å². The van der Waals surface area contributed by atoms with E-state index in [1.165, 1.54) is 0 Å². The lowest BCUT2D eigenvalue weighted by atomic mass is 9.59. The first kappa shape index (κ1) is 20.8. The summed E-state index contributed by atoms with van der Waals surface area (Å²) in [7, 11) is 4.95. The lowest BCUT2D eigenvalue weighted by Gasteiger charge is -2.41. The molecule has 4 aromatic rings. The molecule has 0 heterocycles. The van der Waals surface area contributed by atoms with Crippen LogP contribution in [0.1, 0.15) is 38.2 Å². The number of hydrogen-bond donors (Lipinski definition) is 0. The highest BCUT2D eigenvalue weighted by molar-refractivity contribution is 6.14. The van der Waals surface area contributed by atoms with E-state index < -0.39 is 5.41 Å². The Morgan fingerprint density at radius 2 is 1.03 bits per heavy atom. The molecule has 0 unspecified atom stereocenters. The third-order valence-electron chi connectivity index (χ3n) is 6.50. The number of ether oxygens (including phenoxy) is 3. The number of carbonyl (C=O) groups excluding carboxylic acids is 1. The fourth-order valence-corrected chi connectivity index (χ4v) is 4.93. The zero-order valence-electron chi connectivity index (χ0n) is 18.8. The van der Waals surface area contributed by atoms with Crippen LogP contribution in [0, 0.1) is 0 Å². The largest absolute Gasteiger partial charge is 0.497 e. The normalized spacial score (nSPS) is 13.6. The van der Waals surface area contributed by atoms with E-state index in [-0.39, 0.29) is 5.78 Å². The van der Waals surface area contributed by atoms with E-state index in [0.717, 1.165) is 33.8 Å². The van der Waals surface area contributed by atoms with Crippen molar-refractivity contribution >= 4 is 5.78 Å². The summed E-state index contributed by atoms with van der Waals surface area (Å²) in [5.41, 5.74) is 4.52. The minimum atomic E-state index is -0.729. The Labute approximate surface area is 193 Å². The van der Waals surface area contributed by atoms with Gasteiger partial charge in [0.25, 0.3) is 0 Å². The molecule has 1 aliphatic carbocycles. The highest BCUT2D eigenvalue weighted by Gasteiger charge is 2.46. The van der Waals surface area contributed by atoms with Gasteiger partial charge in [-0.3, -0.25) is 4.79 Å². The number of hydrogen-bond acceptors (Lipinski definition) is 4. The molecular weight excluding hydrogens is 412 g/mol. The number of ketones is 1. The molecule has 0 N–H and O–H groups in total. The van der Waals surface area contributed by atoms with Crippen molar-refractivity contribution in [1.82, 2.24) is 0 Å². The zero-order valence-corrected chi connectivity index (χ0v) is 18.8. The van der Waals surface area contributed by atoms with Crippen molar-refractivity contribution in [3.63, 3.8) is 0 Å². The van der Waals surface area contributed by atoms with Gasteiger partial charge in [0.1, 0.15) is 17.2 Å². The first-order valence-electron chi connectivity index (χ1n) is 10.7. The van der Waals surface area contributed by atoms with Crippen molar-refractivity contribution in [2.75, 3.05) is 21.3 Å². The second-order valence-corrected chi connectivity index (χ2v) is 7.99. The zero-order chi connectivity index (χ0) is 23.0. The molecule has 0 saturated heterocycles. The van der Waals surface area contributed by atoms with Crippen molar-refractivity contribution < 1.29 is 19.0 Å². The van der Waals surface area contributed by atoms with E-state index in [9.17, 15) is 4.79 Å². The molecule has 5 rings (SSSR count). The van der Waals surface area contributed by atoms with Crippen LogP contribution in [0.2, 0.25) is 0 Å². The molecule has 4 heteroatoms. The fraction of sp³-hybridized carbons (Fsp3) is 0.138. The lowest BCUT2D eigenvalue weighted by Crippen LogP contribution is -2.38. The number of benzene rings is 4. The van der Waals surface area contributed by atoms with Crippen LogP contribution < -0.4 is 14.2 Å². The summed E-state index contributed by atoms with van der Waals surface area (Å²) in [6.45, 7) is 0. The SMILES string of the molecule is COc1ccc(C2(c3ccc(OC)cc3)c3ccccc3C(=O)c3ccc(OC)cc32)cc1. The molecule has 0 atom stereocenters. The minimum absolute atomic E-state index is 0.0147. The average Bonchev–Trinajstić information content (AvgIpc) is 2.89. The molecule has 0 bridgehead atoms. The van der Waals surface area contributed by atoms with Gasteiger partial charge < -0.3 is 14.2 Å². The van der Waals surface area contributed by atoms with Gasteiger partial charge in [-0.2, -0.15) is 0 Å². The number of methoxy groups -OCH3 is 3. The van der Waals surface area contributed by atoms with Gasteiger partial charge in [-0.05, 0) is 64.7 Å². The van der Waals surface area contributed by atoms with Crippen LogP contribution >= 0.6 is 0 Å². The Bertz CT molecular complexity index is 1270. The maximum atomic E-state index is 13.6. The third kappa shape index (κ3) is 3.10. The predicted molar refractivity (Wildman–Crippen MR) is 128 cm³/mol. The maximum Gasteiger partial charge on any atom is 0.193 e. The van der Waals surface area contributed by atoms with Gasteiger partial charge in [0, 0.05) is 11.1 Å². The molecule has 0 radical (unpaired) electrons. The second-order valence-electron chi connectivity index (χ2n) is 7.99. The molecule has 4 aromatic carbocycles. The Morgan fingerprint density at radius 3 is 1.58 bits per heavy atom. The molecule has 0 fully saturated rings. The molecule has 0 aromatic heterocycles. The van der Waals surface area contributed by atoms with E-state index >= 15 is 0 Å². The Balaban J connectivity index is 1.94. The standard InChI is InChI=1S/C29H24O4/c1-31-21-12-8-19(9-13-21)29(20-10-14-22(32-2)15-11-20)26-7-5-4-6-24(26)28(30)25-17-16-23(33-3)18-27(25)29/h4-18H,1-3H3. The highest BCUT2D eigenvalue weighted by Crippen LogP contribution is 2.51. The second kappa shape index (κ2) is 8.14. The molecular formula is C29H24O4. The monoisotopic (exact) mass is 436 g/mol. The summed E-state index contributed by atoms with van der Waals surface area (Å²) in [6.07, 6.45) is 0. The number of rotatable bonds is 5. The van der Waals surface area contributed by atoms with E-state index in [0.29, 0.717) is 16.9 Å². The van der Waals surface area contributed by atoms with Crippen molar-refractivity contribution in [1.29, 1.82) is 0 Å². The van der Waals surface area contributed by atoms with Gasteiger partial charge in [-0.1, -0.05) is 48.5 Å². The van der Waals surface area contributed by atoms with Gasteiger partial charge >= 0.3 is 0 Å². The van der Waals surface area contributed by atoms with Gasteiger partial charge in [0.2, 0.25) is 0 Å². The van der Waals surface area contributed by atoms with Crippen LogP contribution in [0.3, 0.4) is 0 Å². The summed E-state index contributed by atoms with van der Waals surface area (Å²) in [5.74, 6) is 2.26. The summed E-state index contributed by atoms with van der Waals surface area (Å²) < 4.78 is 16.4. The van der Waals surface area contributed by atoms with Crippen LogP contribution in [0.5, 0.6) is 17.2 Å². The van der Waals surface area contributed by atoms with Gasteiger partial charge in [0.15, 0.2) is 5.78 Å². The van der Waals surface area contributed by atoms with Crippen molar-refractivity contribution in [3.8, 4) is 17.2 Å². The van der Waals surface area contributed by atoms with Crippen LogP contribution in [-0.2, 0) is 5.41 Å². The molecule has 0 spiro atoms. The molecule has 1 aliphatic rings. The first-order valence-corrected chi connectivity index (χ1v) is 10.7.